The lowest BCUT2D eigenvalue weighted by molar-refractivity contribution is 0.00989. The van der Waals surface area contributed by atoms with Crippen molar-refractivity contribution in [3.05, 3.63) is 23.8 Å². The van der Waals surface area contributed by atoms with Crippen LogP contribution in [0.2, 0.25) is 0 Å². The predicted octanol–water partition coefficient (Wildman–Crippen LogP) is 2.69. The third kappa shape index (κ3) is 6.87. The molecular formula is C21H35N3O4. The van der Waals surface area contributed by atoms with E-state index >= 15 is 0 Å². The Morgan fingerprint density at radius 2 is 1.96 bits per heavy atom. The van der Waals surface area contributed by atoms with Gasteiger partial charge in [0.1, 0.15) is 0 Å². The molecule has 1 fully saturated rings. The highest BCUT2D eigenvalue weighted by Crippen LogP contribution is 2.28. The first kappa shape index (κ1) is 22.3. The van der Waals surface area contributed by atoms with Crippen molar-refractivity contribution in [2.24, 2.45) is 4.99 Å². The fourth-order valence-corrected chi connectivity index (χ4v) is 3.30. The molecule has 0 atom stereocenters. The Balaban J connectivity index is 1.80. The van der Waals surface area contributed by atoms with Gasteiger partial charge in [-0.3, -0.25) is 4.99 Å². The second kappa shape index (κ2) is 12.5. The van der Waals surface area contributed by atoms with Gasteiger partial charge in [-0.25, -0.2) is 0 Å². The predicted molar refractivity (Wildman–Crippen MR) is 111 cm³/mol. The third-order valence-corrected chi connectivity index (χ3v) is 4.78. The molecule has 1 saturated heterocycles. The number of ether oxygens (including phenoxy) is 4. The summed E-state index contributed by atoms with van der Waals surface area (Å²) in [6.07, 6.45) is 3.32. The van der Waals surface area contributed by atoms with Crippen molar-refractivity contribution >= 4 is 5.96 Å². The van der Waals surface area contributed by atoms with Crippen LogP contribution in [0.4, 0.5) is 0 Å². The summed E-state index contributed by atoms with van der Waals surface area (Å²) >= 11 is 0. The topological polar surface area (TPSA) is 64.6 Å². The van der Waals surface area contributed by atoms with Crippen molar-refractivity contribution in [2.75, 3.05) is 54.2 Å². The number of nitrogens with one attached hydrogen (secondary N) is 1. The zero-order valence-electron chi connectivity index (χ0n) is 17.7. The number of guanidine groups is 1. The quantitative estimate of drug-likeness (QED) is 0.375. The second-order valence-corrected chi connectivity index (χ2v) is 6.72. The molecular weight excluding hydrogens is 358 g/mol. The molecule has 158 valence electrons. The minimum atomic E-state index is 0.335. The molecule has 0 radical (unpaired) electrons. The summed E-state index contributed by atoms with van der Waals surface area (Å²) in [5.74, 6) is 2.44. The fourth-order valence-electron chi connectivity index (χ4n) is 3.30. The van der Waals surface area contributed by atoms with Crippen molar-refractivity contribution in [3.8, 4) is 11.5 Å². The van der Waals surface area contributed by atoms with Gasteiger partial charge in [-0.05, 0) is 43.9 Å². The molecule has 1 aliphatic rings. The van der Waals surface area contributed by atoms with Crippen LogP contribution >= 0.6 is 0 Å². The molecule has 1 N–H and O–H groups in total. The SMILES string of the molecule is CCOc1ccc(CNC(=NC)N2CCC(OCCCOC)CC2)cc1OC. The number of methoxy groups -OCH3 is 2. The van der Waals surface area contributed by atoms with Crippen LogP contribution in [-0.2, 0) is 16.0 Å². The normalized spacial score (nSPS) is 15.6. The molecule has 2 rings (SSSR count). The lowest BCUT2D eigenvalue weighted by atomic mass is 10.1. The van der Waals surface area contributed by atoms with E-state index in [4.69, 9.17) is 18.9 Å². The maximum atomic E-state index is 5.94. The fraction of sp³-hybridized carbons (Fsp3) is 0.667. The Morgan fingerprint density at radius 1 is 1.18 bits per heavy atom. The molecule has 0 aromatic heterocycles. The summed E-state index contributed by atoms with van der Waals surface area (Å²) in [5, 5.41) is 3.46. The Kier molecular flexibility index (Phi) is 9.93. The van der Waals surface area contributed by atoms with Gasteiger partial charge in [-0.1, -0.05) is 6.07 Å². The van der Waals surface area contributed by atoms with Gasteiger partial charge in [0.15, 0.2) is 17.5 Å². The molecule has 1 heterocycles. The van der Waals surface area contributed by atoms with Crippen LogP contribution in [0, 0.1) is 0 Å². The van der Waals surface area contributed by atoms with E-state index in [1.54, 1.807) is 14.2 Å². The molecule has 28 heavy (non-hydrogen) atoms. The number of rotatable bonds is 10. The zero-order chi connectivity index (χ0) is 20.2. The second-order valence-electron chi connectivity index (χ2n) is 6.72. The van der Waals surface area contributed by atoms with E-state index in [1.807, 2.05) is 32.2 Å². The Hall–Kier alpha value is -1.99. The number of benzene rings is 1. The number of hydrogen-bond acceptors (Lipinski definition) is 5. The molecule has 1 aromatic carbocycles. The highest BCUT2D eigenvalue weighted by atomic mass is 16.5. The molecule has 1 aliphatic heterocycles. The molecule has 7 heteroatoms. The molecule has 0 aliphatic carbocycles. The molecule has 0 amide bonds. The van der Waals surface area contributed by atoms with Gasteiger partial charge < -0.3 is 29.2 Å². The van der Waals surface area contributed by atoms with E-state index in [0.29, 0.717) is 19.3 Å². The maximum Gasteiger partial charge on any atom is 0.193 e. The van der Waals surface area contributed by atoms with Gasteiger partial charge in [0.05, 0.1) is 19.8 Å². The summed E-state index contributed by atoms with van der Waals surface area (Å²) in [6, 6.07) is 6.01. The molecule has 0 unspecified atom stereocenters. The van der Waals surface area contributed by atoms with E-state index in [0.717, 1.165) is 68.6 Å². The monoisotopic (exact) mass is 393 g/mol. The lowest BCUT2D eigenvalue weighted by Gasteiger charge is -2.34. The highest BCUT2D eigenvalue weighted by Gasteiger charge is 2.21. The maximum absolute atomic E-state index is 5.94. The van der Waals surface area contributed by atoms with Gasteiger partial charge in [0.2, 0.25) is 0 Å². The smallest absolute Gasteiger partial charge is 0.193 e. The summed E-state index contributed by atoms with van der Waals surface area (Å²) in [5.41, 5.74) is 1.12. The standard InChI is InChI=1S/C21H35N3O4/c1-5-27-19-8-7-17(15-20(19)26-4)16-23-21(22-2)24-11-9-18(10-12-24)28-14-6-13-25-3/h7-8,15,18H,5-6,9-14,16H2,1-4H3,(H,22,23). The highest BCUT2D eigenvalue weighted by molar-refractivity contribution is 5.80. The van der Waals surface area contributed by atoms with Crippen molar-refractivity contribution in [1.29, 1.82) is 0 Å². The van der Waals surface area contributed by atoms with E-state index in [9.17, 15) is 0 Å². The summed E-state index contributed by atoms with van der Waals surface area (Å²) in [4.78, 5) is 6.74. The van der Waals surface area contributed by atoms with Gasteiger partial charge in [0, 0.05) is 47.0 Å². The van der Waals surface area contributed by atoms with Crippen LogP contribution in [-0.4, -0.2) is 71.1 Å². The van der Waals surface area contributed by atoms with Crippen molar-refractivity contribution in [1.82, 2.24) is 10.2 Å². The first-order valence-corrected chi connectivity index (χ1v) is 10.1. The van der Waals surface area contributed by atoms with E-state index in [-0.39, 0.29) is 0 Å². The first-order chi connectivity index (χ1) is 13.7. The van der Waals surface area contributed by atoms with Crippen LogP contribution in [0.15, 0.2) is 23.2 Å². The van der Waals surface area contributed by atoms with Crippen LogP contribution in [0.5, 0.6) is 11.5 Å². The summed E-state index contributed by atoms with van der Waals surface area (Å²) in [6.45, 7) is 6.68. The van der Waals surface area contributed by atoms with Crippen LogP contribution in [0.25, 0.3) is 0 Å². The van der Waals surface area contributed by atoms with Crippen molar-refractivity contribution in [2.45, 2.75) is 38.8 Å². The summed E-state index contributed by atoms with van der Waals surface area (Å²) < 4.78 is 22.0. The van der Waals surface area contributed by atoms with E-state index in [2.05, 4.69) is 15.2 Å². The number of nitrogens with zero attached hydrogens (tertiary/aromatic N) is 2. The third-order valence-electron chi connectivity index (χ3n) is 4.78. The zero-order valence-corrected chi connectivity index (χ0v) is 17.7. The van der Waals surface area contributed by atoms with Gasteiger partial charge >= 0.3 is 0 Å². The van der Waals surface area contributed by atoms with E-state index in [1.165, 1.54) is 0 Å². The van der Waals surface area contributed by atoms with Crippen LogP contribution in [0.3, 0.4) is 0 Å². The molecule has 1 aromatic rings. The Morgan fingerprint density at radius 3 is 2.61 bits per heavy atom. The van der Waals surface area contributed by atoms with Crippen LogP contribution < -0.4 is 14.8 Å². The molecule has 0 spiro atoms. The molecule has 7 nitrogen and oxygen atoms in total. The number of likely N-dealkylation sites (tertiary alicyclic amines) is 1. The number of hydrogen-bond donors (Lipinski definition) is 1. The average Bonchev–Trinajstić information content (AvgIpc) is 2.73. The Labute approximate surface area is 169 Å². The number of aliphatic imine (C=N–C) groups is 1. The van der Waals surface area contributed by atoms with Crippen molar-refractivity contribution < 1.29 is 18.9 Å². The average molecular weight is 394 g/mol. The minimum absolute atomic E-state index is 0.335. The molecule has 0 saturated carbocycles. The van der Waals surface area contributed by atoms with E-state index < -0.39 is 0 Å². The van der Waals surface area contributed by atoms with Gasteiger partial charge in [-0.2, -0.15) is 0 Å². The van der Waals surface area contributed by atoms with Gasteiger partial charge in [0.25, 0.3) is 0 Å². The largest absolute Gasteiger partial charge is 0.493 e. The number of piperidine rings is 1. The molecule has 0 bridgehead atoms. The summed E-state index contributed by atoms with van der Waals surface area (Å²) in [7, 11) is 5.21. The Bertz CT molecular complexity index is 601. The first-order valence-electron chi connectivity index (χ1n) is 10.1. The minimum Gasteiger partial charge on any atom is -0.493 e. The van der Waals surface area contributed by atoms with Gasteiger partial charge in [-0.15, -0.1) is 0 Å². The van der Waals surface area contributed by atoms with Crippen LogP contribution in [0.1, 0.15) is 31.7 Å². The van der Waals surface area contributed by atoms with Crippen molar-refractivity contribution in [3.63, 3.8) is 0 Å². The lowest BCUT2D eigenvalue weighted by Crippen LogP contribution is -2.46.